The highest BCUT2D eigenvalue weighted by Gasteiger charge is 2.29. The lowest BCUT2D eigenvalue weighted by Gasteiger charge is -2.26. The highest BCUT2D eigenvalue weighted by Crippen LogP contribution is 2.31. The first-order chi connectivity index (χ1) is 14.8. The molecule has 1 aliphatic heterocycles. The van der Waals surface area contributed by atoms with Crippen LogP contribution >= 0.6 is 0 Å². The second-order valence-electron chi connectivity index (χ2n) is 7.32. The van der Waals surface area contributed by atoms with Gasteiger partial charge in [0, 0.05) is 18.8 Å². The molecular weight excluding hydrogens is 420 g/mol. The summed E-state index contributed by atoms with van der Waals surface area (Å²) in [5.41, 5.74) is 1.62. The summed E-state index contributed by atoms with van der Waals surface area (Å²) in [4.78, 5) is 24.3. The van der Waals surface area contributed by atoms with Gasteiger partial charge in [-0.1, -0.05) is 24.1 Å². The smallest absolute Gasteiger partial charge is 0.338 e. The molecule has 0 spiro atoms. The van der Waals surface area contributed by atoms with E-state index in [0.29, 0.717) is 18.7 Å². The van der Waals surface area contributed by atoms with Gasteiger partial charge in [0.25, 0.3) is 5.91 Å². The summed E-state index contributed by atoms with van der Waals surface area (Å²) in [5, 5.41) is 2.57. The summed E-state index contributed by atoms with van der Waals surface area (Å²) in [7, 11) is -2.36. The number of sulfonamides is 1. The zero-order valence-electron chi connectivity index (χ0n) is 17.6. The van der Waals surface area contributed by atoms with Crippen LogP contribution in [0.25, 0.3) is 0 Å². The quantitative estimate of drug-likeness (QED) is 0.656. The number of ether oxygens (including phenoxy) is 2. The number of hydrogen-bond donors (Lipinski definition) is 1. The van der Waals surface area contributed by atoms with Gasteiger partial charge in [0.15, 0.2) is 6.61 Å². The monoisotopic (exact) mass is 446 g/mol. The van der Waals surface area contributed by atoms with Crippen molar-refractivity contribution in [3.63, 3.8) is 0 Å². The summed E-state index contributed by atoms with van der Waals surface area (Å²) >= 11 is 0. The summed E-state index contributed by atoms with van der Waals surface area (Å²) < 4.78 is 37.8. The molecule has 0 atom stereocenters. The molecule has 1 saturated heterocycles. The van der Waals surface area contributed by atoms with Gasteiger partial charge in [0.1, 0.15) is 10.6 Å². The van der Waals surface area contributed by atoms with Crippen molar-refractivity contribution in [2.24, 2.45) is 0 Å². The molecule has 1 heterocycles. The maximum atomic E-state index is 13.1. The average Bonchev–Trinajstić information content (AvgIpc) is 2.78. The van der Waals surface area contributed by atoms with Crippen LogP contribution in [0.3, 0.4) is 0 Å². The fourth-order valence-electron chi connectivity index (χ4n) is 3.30. The molecule has 9 heteroatoms. The van der Waals surface area contributed by atoms with Gasteiger partial charge in [-0.3, -0.25) is 4.79 Å². The Morgan fingerprint density at radius 1 is 1.03 bits per heavy atom. The largest absolute Gasteiger partial charge is 0.495 e. The van der Waals surface area contributed by atoms with Crippen LogP contribution in [0, 0.1) is 6.92 Å². The molecule has 0 unspecified atom stereocenters. The van der Waals surface area contributed by atoms with Crippen LogP contribution in [0.4, 0.5) is 5.69 Å². The highest BCUT2D eigenvalue weighted by atomic mass is 32.2. The molecule has 1 aliphatic rings. The van der Waals surface area contributed by atoms with E-state index < -0.39 is 28.5 Å². The number of aryl methyl sites for hydroxylation is 1. The molecule has 1 N–H and O–H groups in total. The molecule has 0 aromatic heterocycles. The van der Waals surface area contributed by atoms with Crippen LogP contribution < -0.4 is 10.1 Å². The number of hydrogen-bond acceptors (Lipinski definition) is 6. The maximum absolute atomic E-state index is 13.1. The minimum atomic E-state index is -3.76. The summed E-state index contributed by atoms with van der Waals surface area (Å²) in [6.45, 7) is 2.32. The van der Waals surface area contributed by atoms with Crippen LogP contribution in [-0.2, 0) is 19.6 Å². The molecule has 1 amide bonds. The highest BCUT2D eigenvalue weighted by molar-refractivity contribution is 7.89. The third-order valence-electron chi connectivity index (χ3n) is 5.00. The number of benzene rings is 2. The van der Waals surface area contributed by atoms with Gasteiger partial charge in [-0.15, -0.1) is 0 Å². The van der Waals surface area contributed by atoms with E-state index in [-0.39, 0.29) is 16.3 Å². The lowest BCUT2D eigenvalue weighted by molar-refractivity contribution is -0.119. The number of carbonyl (C=O) groups excluding carboxylic acids is 2. The Morgan fingerprint density at radius 3 is 2.35 bits per heavy atom. The van der Waals surface area contributed by atoms with Gasteiger partial charge in [0.2, 0.25) is 10.0 Å². The van der Waals surface area contributed by atoms with E-state index in [1.807, 2.05) is 6.92 Å². The van der Waals surface area contributed by atoms with Crippen LogP contribution in [0.1, 0.15) is 35.2 Å². The van der Waals surface area contributed by atoms with Crippen molar-refractivity contribution in [1.29, 1.82) is 0 Å². The number of carbonyl (C=O) groups is 2. The van der Waals surface area contributed by atoms with Crippen molar-refractivity contribution in [3.05, 3.63) is 53.6 Å². The van der Waals surface area contributed by atoms with Crippen LogP contribution in [0.15, 0.2) is 47.4 Å². The Hall–Kier alpha value is -2.91. The number of rotatable bonds is 7. The Bertz CT molecular complexity index is 1040. The van der Waals surface area contributed by atoms with Gasteiger partial charge >= 0.3 is 5.97 Å². The molecule has 0 bridgehead atoms. The molecule has 0 radical (unpaired) electrons. The van der Waals surface area contributed by atoms with E-state index in [0.717, 1.165) is 24.8 Å². The zero-order chi connectivity index (χ0) is 22.4. The minimum absolute atomic E-state index is 0.00801. The number of anilines is 1. The molecule has 0 aliphatic carbocycles. The first-order valence-electron chi connectivity index (χ1n) is 10.0. The van der Waals surface area contributed by atoms with Gasteiger partial charge in [-0.25, -0.2) is 13.2 Å². The summed E-state index contributed by atoms with van der Waals surface area (Å²) in [6, 6.07) is 11.2. The SMILES string of the molecule is COc1ccc(NC(=O)COC(=O)c2ccc(C)cc2)cc1S(=O)(=O)N1CCCCC1. The Labute approximate surface area is 182 Å². The van der Waals surface area contributed by atoms with Gasteiger partial charge in [-0.05, 0) is 50.1 Å². The Morgan fingerprint density at radius 2 is 1.71 bits per heavy atom. The van der Waals surface area contributed by atoms with Crippen molar-refractivity contribution >= 4 is 27.6 Å². The second kappa shape index (κ2) is 9.93. The Kier molecular flexibility index (Phi) is 7.29. The molecule has 31 heavy (non-hydrogen) atoms. The minimum Gasteiger partial charge on any atom is -0.495 e. The number of methoxy groups -OCH3 is 1. The normalized spacial score (nSPS) is 14.6. The predicted octanol–water partition coefficient (Wildman–Crippen LogP) is 2.97. The molecular formula is C22H26N2O6S. The standard InChI is InChI=1S/C22H26N2O6S/c1-16-6-8-17(9-7-16)22(26)30-15-21(25)23-18-10-11-19(29-2)20(14-18)31(27,28)24-12-4-3-5-13-24/h6-11,14H,3-5,12-13,15H2,1-2H3,(H,23,25). The number of nitrogens with one attached hydrogen (secondary N) is 1. The first-order valence-corrected chi connectivity index (χ1v) is 11.5. The van der Waals surface area contributed by atoms with Crippen LogP contribution in [0.5, 0.6) is 5.75 Å². The lowest BCUT2D eigenvalue weighted by atomic mass is 10.1. The molecule has 1 fully saturated rings. The summed E-state index contributed by atoms with van der Waals surface area (Å²) in [6.07, 6.45) is 2.62. The van der Waals surface area contributed by atoms with Crippen LogP contribution in [-0.4, -0.2) is 51.4 Å². The van der Waals surface area contributed by atoms with Crippen molar-refractivity contribution in [2.45, 2.75) is 31.1 Å². The van der Waals surface area contributed by atoms with Crippen molar-refractivity contribution in [1.82, 2.24) is 4.31 Å². The van der Waals surface area contributed by atoms with Crippen molar-refractivity contribution < 1.29 is 27.5 Å². The summed E-state index contributed by atoms with van der Waals surface area (Å²) in [5.74, 6) is -0.987. The van der Waals surface area contributed by atoms with E-state index in [9.17, 15) is 18.0 Å². The zero-order valence-corrected chi connectivity index (χ0v) is 18.4. The average molecular weight is 447 g/mol. The fraction of sp³-hybridized carbons (Fsp3) is 0.364. The first kappa shape index (κ1) is 22.8. The van der Waals surface area contributed by atoms with E-state index in [1.54, 1.807) is 24.3 Å². The van der Waals surface area contributed by atoms with E-state index in [4.69, 9.17) is 9.47 Å². The topological polar surface area (TPSA) is 102 Å². The van der Waals surface area contributed by atoms with E-state index in [1.165, 1.54) is 29.6 Å². The van der Waals surface area contributed by atoms with Gasteiger partial charge in [-0.2, -0.15) is 4.31 Å². The van der Waals surface area contributed by atoms with E-state index in [2.05, 4.69) is 5.32 Å². The third-order valence-corrected chi connectivity index (χ3v) is 6.92. The number of nitrogens with zero attached hydrogens (tertiary/aromatic N) is 1. The Balaban J connectivity index is 1.68. The van der Waals surface area contributed by atoms with Gasteiger partial charge < -0.3 is 14.8 Å². The molecule has 0 saturated carbocycles. The molecule has 3 rings (SSSR count). The van der Waals surface area contributed by atoms with E-state index >= 15 is 0 Å². The van der Waals surface area contributed by atoms with Crippen LogP contribution in [0.2, 0.25) is 0 Å². The number of piperidine rings is 1. The predicted molar refractivity (Wildman–Crippen MR) is 116 cm³/mol. The number of esters is 1. The fourth-order valence-corrected chi connectivity index (χ4v) is 5.00. The molecule has 8 nitrogen and oxygen atoms in total. The molecule has 2 aromatic carbocycles. The van der Waals surface area contributed by atoms with Crippen molar-refractivity contribution in [2.75, 3.05) is 32.1 Å². The maximum Gasteiger partial charge on any atom is 0.338 e. The van der Waals surface area contributed by atoms with Crippen molar-refractivity contribution in [3.8, 4) is 5.75 Å². The molecule has 2 aromatic rings. The second-order valence-corrected chi connectivity index (χ2v) is 9.23. The molecule has 166 valence electrons. The number of amides is 1. The lowest BCUT2D eigenvalue weighted by Crippen LogP contribution is -2.35. The van der Waals surface area contributed by atoms with Gasteiger partial charge in [0.05, 0.1) is 12.7 Å². The third kappa shape index (κ3) is 5.62.